The van der Waals surface area contributed by atoms with Crippen molar-refractivity contribution in [1.82, 2.24) is 5.32 Å². The molecule has 1 unspecified atom stereocenters. The first-order chi connectivity index (χ1) is 16.7. The molecule has 6 nitrogen and oxygen atoms in total. The average Bonchev–Trinajstić information content (AvgIpc) is 2.71. The summed E-state index contributed by atoms with van der Waals surface area (Å²) in [5, 5.41) is 4.57. The Balaban J connectivity index is 2.40. The van der Waals surface area contributed by atoms with E-state index in [0.717, 1.165) is 19.2 Å². The summed E-state index contributed by atoms with van der Waals surface area (Å²) in [6.45, 7) is 2.57. The van der Waals surface area contributed by atoms with Crippen LogP contribution in [-0.2, 0) is 15.5 Å². The highest BCUT2D eigenvalue weighted by molar-refractivity contribution is 9.10. The first kappa shape index (κ1) is 30.9. The minimum Gasteiger partial charge on any atom is -0.348 e. The molecule has 0 spiro atoms. The molecule has 0 saturated carbocycles. The van der Waals surface area contributed by atoms with Crippen LogP contribution in [0.4, 0.5) is 32.0 Å². The summed E-state index contributed by atoms with van der Waals surface area (Å²) in [7, 11) is -3.44. The predicted octanol–water partition coefficient (Wildman–Crippen LogP) is 5.78. The maximum atomic E-state index is 14.7. The van der Waals surface area contributed by atoms with E-state index in [1.807, 2.05) is 0 Å². The largest absolute Gasteiger partial charge is 0.433 e. The molecule has 15 heteroatoms. The van der Waals surface area contributed by atoms with E-state index in [0.29, 0.717) is 12.1 Å². The van der Waals surface area contributed by atoms with Crippen LogP contribution in [0.5, 0.6) is 0 Å². The van der Waals surface area contributed by atoms with Crippen LogP contribution in [-0.4, -0.2) is 49.3 Å². The molecular weight excluding hydrogens is 618 g/mol. The molecule has 2 aromatic carbocycles. The highest BCUT2D eigenvalue weighted by Crippen LogP contribution is 2.55. The molecule has 2 N–H and O–H groups in total. The van der Waals surface area contributed by atoms with Crippen LogP contribution >= 0.6 is 27.5 Å². The molecule has 0 saturated heterocycles. The van der Waals surface area contributed by atoms with Crippen molar-refractivity contribution >= 4 is 54.9 Å². The van der Waals surface area contributed by atoms with E-state index in [9.17, 15) is 44.3 Å². The van der Waals surface area contributed by atoms with Crippen LogP contribution in [0.2, 0.25) is 5.02 Å². The number of halogens is 8. The molecule has 0 aliphatic heterocycles. The van der Waals surface area contributed by atoms with Crippen molar-refractivity contribution in [3.8, 4) is 0 Å². The van der Waals surface area contributed by atoms with E-state index in [4.69, 9.17) is 11.6 Å². The third kappa shape index (κ3) is 6.96. The normalized spacial score (nSPS) is 15.0. The SMILES string of the molecule is Cc1cc(C(F)(C(F)(F)F)C(F)(F)Br)ccc1NC(=O)c1cccc(Cl)c1C(=O)N[C@@H](C)CS(C)(=O)=O. The van der Waals surface area contributed by atoms with Gasteiger partial charge in [-0.05, 0) is 53.5 Å². The van der Waals surface area contributed by atoms with E-state index in [-0.39, 0.29) is 27.4 Å². The second-order valence-corrected chi connectivity index (χ2v) is 11.9. The van der Waals surface area contributed by atoms with Crippen molar-refractivity contribution in [2.75, 3.05) is 17.3 Å². The lowest BCUT2D eigenvalue weighted by Gasteiger charge is -2.32. The van der Waals surface area contributed by atoms with Gasteiger partial charge in [0.25, 0.3) is 11.8 Å². The second kappa shape index (κ2) is 10.8. The Morgan fingerprint density at radius 1 is 1.05 bits per heavy atom. The number of nitrogens with one attached hydrogen (secondary N) is 2. The van der Waals surface area contributed by atoms with Crippen molar-refractivity contribution in [3.63, 3.8) is 0 Å². The topological polar surface area (TPSA) is 92.3 Å². The molecule has 2 rings (SSSR count). The van der Waals surface area contributed by atoms with Crippen molar-refractivity contribution in [1.29, 1.82) is 0 Å². The third-order valence-electron chi connectivity index (χ3n) is 5.07. The fourth-order valence-electron chi connectivity index (χ4n) is 3.43. The van der Waals surface area contributed by atoms with E-state index in [1.54, 1.807) is 0 Å². The zero-order valence-electron chi connectivity index (χ0n) is 19.3. The smallest absolute Gasteiger partial charge is 0.348 e. The van der Waals surface area contributed by atoms with Gasteiger partial charge in [-0.25, -0.2) is 12.8 Å². The summed E-state index contributed by atoms with van der Waals surface area (Å²) < 4.78 is 105. The molecule has 0 aromatic heterocycles. The zero-order valence-corrected chi connectivity index (χ0v) is 22.5. The van der Waals surface area contributed by atoms with E-state index < -0.39 is 55.7 Å². The fraction of sp³-hybridized carbons (Fsp3) is 0.364. The van der Waals surface area contributed by atoms with Gasteiger partial charge in [-0.3, -0.25) is 9.59 Å². The maximum Gasteiger partial charge on any atom is 0.433 e. The summed E-state index contributed by atoms with van der Waals surface area (Å²) in [5.74, 6) is -2.21. The lowest BCUT2D eigenvalue weighted by Crippen LogP contribution is -2.49. The molecule has 0 heterocycles. The number of carbonyl (C=O) groups excluding carboxylic acids is 2. The molecule has 0 fully saturated rings. The minimum atomic E-state index is -5.98. The van der Waals surface area contributed by atoms with Crippen molar-refractivity contribution in [2.24, 2.45) is 0 Å². The van der Waals surface area contributed by atoms with Gasteiger partial charge in [-0.2, -0.15) is 22.0 Å². The van der Waals surface area contributed by atoms with Gasteiger partial charge in [0, 0.05) is 23.5 Å². The molecular formula is C22H20BrClF6N2O4S. The number of hydrogen-bond acceptors (Lipinski definition) is 4. The van der Waals surface area contributed by atoms with Crippen LogP contribution in [0.15, 0.2) is 36.4 Å². The van der Waals surface area contributed by atoms with Gasteiger partial charge in [0.15, 0.2) is 0 Å². The van der Waals surface area contributed by atoms with Gasteiger partial charge < -0.3 is 10.6 Å². The molecule has 2 amide bonds. The predicted molar refractivity (Wildman–Crippen MR) is 130 cm³/mol. The summed E-state index contributed by atoms with van der Waals surface area (Å²) in [5.41, 5.74) is -7.40. The number of amides is 2. The summed E-state index contributed by atoms with van der Waals surface area (Å²) in [4.78, 5) is 20.7. The van der Waals surface area contributed by atoms with Crippen molar-refractivity contribution < 1.29 is 44.3 Å². The lowest BCUT2D eigenvalue weighted by atomic mass is 9.93. The Hall–Kier alpha value is -2.32. The second-order valence-electron chi connectivity index (χ2n) is 8.27. The number of alkyl halides is 7. The number of sulfone groups is 1. The van der Waals surface area contributed by atoms with Gasteiger partial charge in [0.05, 0.1) is 21.9 Å². The first-order valence-corrected chi connectivity index (χ1v) is 13.4. The van der Waals surface area contributed by atoms with E-state index in [2.05, 4.69) is 10.6 Å². The van der Waals surface area contributed by atoms with Crippen LogP contribution in [0.1, 0.15) is 38.8 Å². The van der Waals surface area contributed by atoms with Gasteiger partial charge in [0.1, 0.15) is 9.84 Å². The summed E-state index contributed by atoms with van der Waals surface area (Å²) in [6, 6.07) is 4.77. The minimum absolute atomic E-state index is 0.157. The molecule has 0 aliphatic rings. The fourth-order valence-corrected chi connectivity index (χ4v) is 5.14. The third-order valence-corrected chi connectivity index (χ3v) is 7.04. The number of benzene rings is 2. The number of carbonyl (C=O) groups is 2. The van der Waals surface area contributed by atoms with Crippen LogP contribution in [0, 0.1) is 6.92 Å². The number of aryl methyl sites for hydroxylation is 1. The van der Waals surface area contributed by atoms with Crippen LogP contribution < -0.4 is 10.6 Å². The Kier molecular flexibility index (Phi) is 9.03. The van der Waals surface area contributed by atoms with Crippen molar-refractivity contribution in [2.45, 2.75) is 36.6 Å². The monoisotopic (exact) mass is 636 g/mol. The van der Waals surface area contributed by atoms with Gasteiger partial charge in [-0.15, -0.1) is 0 Å². The lowest BCUT2D eigenvalue weighted by molar-refractivity contribution is -0.282. The standard InChI is InChI=1S/C22H20BrClF6N2O4S/c1-11-9-13(20(25,21(23,26)27)22(28,29)30)7-8-16(11)32-18(33)14-5-4-6-15(24)17(14)19(34)31-12(2)10-37(3,35)36/h4-9,12H,10H2,1-3H3,(H,31,34)(H,32,33)/t12-,20?/m0/s1. The Bertz CT molecular complexity index is 1300. The average molecular weight is 638 g/mol. The zero-order chi connectivity index (χ0) is 28.6. The molecule has 0 radical (unpaired) electrons. The molecule has 0 bridgehead atoms. The quantitative estimate of drug-likeness (QED) is 0.284. The molecule has 2 aromatic rings. The van der Waals surface area contributed by atoms with E-state index in [1.165, 1.54) is 41.1 Å². The number of hydrogen-bond donors (Lipinski definition) is 2. The summed E-state index contributed by atoms with van der Waals surface area (Å²) in [6.07, 6.45) is -5.01. The Morgan fingerprint density at radius 2 is 1.65 bits per heavy atom. The van der Waals surface area contributed by atoms with Gasteiger partial charge in [0.2, 0.25) is 0 Å². The Labute approximate surface area is 221 Å². The van der Waals surface area contributed by atoms with Crippen LogP contribution in [0.25, 0.3) is 0 Å². The molecule has 37 heavy (non-hydrogen) atoms. The molecule has 204 valence electrons. The van der Waals surface area contributed by atoms with E-state index >= 15 is 0 Å². The summed E-state index contributed by atoms with van der Waals surface area (Å²) >= 11 is 7.56. The first-order valence-electron chi connectivity index (χ1n) is 10.2. The Morgan fingerprint density at radius 3 is 2.14 bits per heavy atom. The van der Waals surface area contributed by atoms with Crippen LogP contribution in [0.3, 0.4) is 0 Å². The number of anilines is 1. The molecule has 0 aliphatic carbocycles. The van der Waals surface area contributed by atoms with Gasteiger partial charge >= 0.3 is 16.7 Å². The van der Waals surface area contributed by atoms with Crippen molar-refractivity contribution in [3.05, 3.63) is 63.7 Å². The highest BCUT2D eigenvalue weighted by Gasteiger charge is 2.71. The van der Waals surface area contributed by atoms with Gasteiger partial charge in [-0.1, -0.05) is 29.8 Å². The maximum absolute atomic E-state index is 14.7. The highest BCUT2D eigenvalue weighted by atomic mass is 79.9. The number of rotatable bonds is 8. The molecule has 2 atom stereocenters.